The molecule has 0 fully saturated rings. The van der Waals surface area contributed by atoms with Crippen molar-refractivity contribution in [3.05, 3.63) is 0 Å². The Kier molecular flexibility index (Phi) is 6.84. The minimum absolute atomic E-state index is 0.234. The Balaban J connectivity index is 2.89. The molecule has 0 aromatic carbocycles. The van der Waals surface area contributed by atoms with Gasteiger partial charge in [0.25, 0.3) is 0 Å². The van der Waals surface area contributed by atoms with Crippen LogP contribution in [0.2, 0.25) is 0 Å². The molecule has 0 aromatic rings. The second kappa shape index (κ2) is 6.95. The third-order valence-electron chi connectivity index (χ3n) is 0.938. The summed E-state index contributed by atoms with van der Waals surface area (Å²) in [4.78, 5) is 4.83. The maximum Gasteiger partial charge on any atom is 0.0918 e. The molecule has 0 heterocycles. The third kappa shape index (κ3) is 5.97. The quantitative estimate of drug-likeness (QED) is 0.344. The summed E-state index contributed by atoms with van der Waals surface area (Å²) in [6.07, 6.45) is 0.208. The zero-order valence-electron chi connectivity index (χ0n) is 6.21. The van der Waals surface area contributed by atoms with E-state index in [1.54, 1.807) is 0 Å². The first kappa shape index (κ1) is 9.84. The zero-order valence-corrected chi connectivity index (χ0v) is 6.21. The summed E-state index contributed by atoms with van der Waals surface area (Å²) in [6.45, 7) is 2.65. The Labute approximate surface area is 60.8 Å². The molecule has 0 aliphatic heterocycles. The van der Waals surface area contributed by atoms with E-state index in [1.165, 1.54) is 0 Å². The Bertz CT molecular complexity index is 70.0. The lowest BCUT2D eigenvalue weighted by molar-refractivity contribution is 0.000743. The maximum atomic E-state index is 8.76. The minimum Gasteiger partial charge on any atom is -0.394 e. The van der Waals surface area contributed by atoms with E-state index in [1.807, 2.05) is 6.92 Å². The van der Waals surface area contributed by atoms with E-state index in [9.17, 15) is 0 Å². The van der Waals surface area contributed by atoms with Crippen LogP contribution in [-0.2, 0) is 4.84 Å². The van der Waals surface area contributed by atoms with Crippen molar-refractivity contribution in [1.82, 2.24) is 5.48 Å². The lowest BCUT2D eigenvalue weighted by atomic mass is 10.4. The molecule has 0 aromatic heterocycles. The van der Waals surface area contributed by atoms with E-state index in [0.29, 0.717) is 6.61 Å². The fourth-order valence-corrected chi connectivity index (χ4v) is 0.394. The van der Waals surface area contributed by atoms with Crippen LogP contribution in [0.5, 0.6) is 0 Å². The van der Waals surface area contributed by atoms with Crippen LogP contribution in [0.25, 0.3) is 0 Å². The molecule has 0 amide bonds. The third-order valence-corrected chi connectivity index (χ3v) is 0.938. The maximum absolute atomic E-state index is 8.76. The van der Waals surface area contributed by atoms with Crippen molar-refractivity contribution in [3.8, 4) is 0 Å². The molecule has 0 aliphatic rings. The smallest absolute Gasteiger partial charge is 0.0918 e. The predicted octanol–water partition coefficient (Wildman–Crippen LogP) is -0.729. The first-order chi connectivity index (χ1) is 4.81. The highest BCUT2D eigenvalue weighted by atomic mass is 16.6. The highest BCUT2D eigenvalue weighted by Crippen LogP contribution is 1.78. The SMILES string of the molecule is CCCONCC(O)CO. The molecule has 0 saturated heterocycles. The normalized spacial score (nSPS) is 13.5. The van der Waals surface area contributed by atoms with Crippen LogP contribution in [0, 0.1) is 0 Å². The molecule has 0 saturated carbocycles. The van der Waals surface area contributed by atoms with E-state index in [0.717, 1.165) is 6.42 Å². The Morgan fingerprint density at radius 2 is 2.30 bits per heavy atom. The molecule has 10 heavy (non-hydrogen) atoms. The van der Waals surface area contributed by atoms with Gasteiger partial charge in [-0.3, -0.25) is 0 Å². The standard InChI is InChI=1S/C6H15NO3/c1-2-3-10-7-4-6(9)5-8/h6-9H,2-5H2,1H3. The number of aliphatic hydroxyl groups excluding tert-OH is 2. The number of rotatable bonds is 6. The Morgan fingerprint density at radius 1 is 1.60 bits per heavy atom. The van der Waals surface area contributed by atoms with E-state index in [2.05, 4.69) is 5.48 Å². The van der Waals surface area contributed by atoms with Crippen LogP contribution in [0.4, 0.5) is 0 Å². The van der Waals surface area contributed by atoms with Gasteiger partial charge < -0.3 is 15.1 Å². The molecule has 3 N–H and O–H groups in total. The van der Waals surface area contributed by atoms with Crippen LogP contribution in [0.15, 0.2) is 0 Å². The highest BCUT2D eigenvalue weighted by Gasteiger charge is 1.98. The zero-order chi connectivity index (χ0) is 7.82. The van der Waals surface area contributed by atoms with Crippen molar-refractivity contribution in [1.29, 1.82) is 0 Å². The summed E-state index contributed by atoms with van der Waals surface area (Å²) in [5.74, 6) is 0. The first-order valence-corrected chi connectivity index (χ1v) is 3.44. The van der Waals surface area contributed by atoms with Crippen LogP contribution in [-0.4, -0.2) is 36.1 Å². The highest BCUT2D eigenvalue weighted by molar-refractivity contribution is 4.50. The number of hydrogen-bond donors (Lipinski definition) is 3. The van der Waals surface area contributed by atoms with E-state index < -0.39 is 6.10 Å². The number of hydroxylamine groups is 1. The summed E-state index contributed by atoms with van der Waals surface area (Å²) >= 11 is 0. The molecule has 1 atom stereocenters. The number of nitrogens with one attached hydrogen (secondary N) is 1. The number of aliphatic hydroxyl groups is 2. The van der Waals surface area contributed by atoms with Crippen molar-refractivity contribution in [2.24, 2.45) is 0 Å². The first-order valence-electron chi connectivity index (χ1n) is 3.44. The van der Waals surface area contributed by atoms with Gasteiger partial charge in [-0.25, -0.2) is 0 Å². The summed E-state index contributed by atoms with van der Waals surface area (Å²) in [5, 5.41) is 17.1. The van der Waals surface area contributed by atoms with E-state index in [-0.39, 0.29) is 13.2 Å². The van der Waals surface area contributed by atoms with Gasteiger partial charge in [-0.05, 0) is 6.42 Å². The molecule has 1 unspecified atom stereocenters. The molecule has 62 valence electrons. The van der Waals surface area contributed by atoms with Gasteiger partial charge in [0.05, 0.1) is 19.3 Å². The largest absolute Gasteiger partial charge is 0.394 e. The molecule has 0 radical (unpaired) electrons. The topological polar surface area (TPSA) is 61.7 Å². The summed E-state index contributed by atoms with van der Waals surface area (Å²) in [6, 6.07) is 0. The van der Waals surface area contributed by atoms with Crippen LogP contribution in [0.1, 0.15) is 13.3 Å². The summed E-state index contributed by atoms with van der Waals surface area (Å²) in [7, 11) is 0. The second-order valence-corrected chi connectivity index (χ2v) is 2.03. The van der Waals surface area contributed by atoms with Gasteiger partial charge in [-0.2, -0.15) is 5.48 Å². The Hall–Kier alpha value is -0.160. The van der Waals surface area contributed by atoms with Crippen molar-refractivity contribution in [2.75, 3.05) is 19.8 Å². The summed E-state index contributed by atoms with van der Waals surface area (Å²) < 4.78 is 0. The molecule has 0 aliphatic carbocycles. The molecule has 0 rings (SSSR count). The monoisotopic (exact) mass is 149 g/mol. The summed E-state index contributed by atoms with van der Waals surface area (Å²) in [5.41, 5.74) is 2.53. The predicted molar refractivity (Wildman–Crippen MR) is 37.3 cm³/mol. The number of hydrogen-bond acceptors (Lipinski definition) is 4. The van der Waals surface area contributed by atoms with Crippen molar-refractivity contribution in [2.45, 2.75) is 19.4 Å². The molecular weight excluding hydrogens is 134 g/mol. The van der Waals surface area contributed by atoms with Gasteiger partial charge in [0.15, 0.2) is 0 Å². The van der Waals surface area contributed by atoms with Crippen LogP contribution in [0.3, 0.4) is 0 Å². The molecule has 0 spiro atoms. The minimum atomic E-state index is -0.725. The van der Waals surface area contributed by atoms with Gasteiger partial charge in [0, 0.05) is 6.54 Å². The van der Waals surface area contributed by atoms with Crippen molar-refractivity contribution < 1.29 is 15.1 Å². The Morgan fingerprint density at radius 3 is 2.80 bits per heavy atom. The van der Waals surface area contributed by atoms with E-state index in [4.69, 9.17) is 15.1 Å². The van der Waals surface area contributed by atoms with Gasteiger partial charge in [-0.1, -0.05) is 6.92 Å². The molecule has 0 bridgehead atoms. The fourth-order valence-electron chi connectivity index (χ4n) is 0.394. The van der Waals surface area contributed by atoms with Crippen molar-refractivity contribution in [3.63, 3.8) is 0 Å². The lowest BCUT2D eigenvalue weighted by Crippen LogP contribution is -2.29. The lowest BCUT2D eigenvalue weighted by Gasteiger charge is -2.07. The average molecular weight is 149 g/mol. The second-order valence-electron chi connectivity index (χ2n) is 2.03. The average Bonchev–Trinajstić information content (AvgIpc) is 1.98. The molecule has 4 nitrogen and oxygen atoms in total. The van der Waals surface area contributed by atoms with Gasteiger partial charge in [0.1, 0.15) is 0 Å². The van der Waals surface area contributed by atoms with Crippen molar-refractivity contribution >= 4 is 0 Å². The van der Waals surface area contributed by atoms with Gasteiger partial charge >= 0.3 is 0 Å². The van der Waals surface area contributed by atoms with Gasteiger partial charge in [-0.15, -0.1) is 0 Å². The van der Waals surface area contributed by atoms with Gasteiger partial charge in [0.2, 0.25) is 0 Å². The van der Waals surface area contributed by atoms with Crippen LogP contribution < -0.4 is 5.48 Å². The molecular formula is C6H15NO3. The fraction of sp³-hybridized carbons (Fsp3) is 1.00. The van der Waals surface area contributed by atoms with E-state index >= 15 is 0 Å². The van der Waals surface area contributed by atoms with Crippen LogP contribution >= 0.6 is 0 Å². The molecule has 4 heteroatoms.